The zero-order valence-electron chi connectivity index (χ0n) is 11.0. The zero-order valence-corrected chi connectivity index (χ0v) is 11.0. The molecule has 96 valence electrons. The first kappa shape index (κ1) is 10.8. The Kier molecular flexibility index (Phi) is 2.38. The average molecular weight is 233 g/mol. The van der Waals surface area contributed by atoms with E-state index in [-0.39, 0.29) is 0 Å². The average Bonchev–Trinajstić information content (AvgIpc) is 2.20. The van der Waals surface area contributed by atoms with Crippen molar-refractivity contribution < 1.29 is 0 Å². The molecule has 0 aromatic rings. The third-order valence-corrected chi connectivity index (χ3v) is 6.84. The van der Waals surface area contributed by atoms with Gasteiger partial charge in [-0.2, -0.15) is 0 Å². The summed E-state index contributed by atoms with van der Waals surface area (Å²) in [6.45, 7) is 0.983. The molecule has 0 saturated heterocycles. The molecule has 17 heavy (non-hydrogen) atoms. The van der Waals surface area contributed by atoms with E-state index in [4.69, 9.17) is 5.73 Å². The van der Waals surface area contributed by atoms with Crippen LogP contribution in [0.2, 0.25) is 0 Å². The fourth-order valence-corrected chi connectivity index (χ4v) is 6.42. The highest BCUT2D eigenvalue weighted by Crippen LogP contribution is 2.64. The molecule has 0 spiro atoms. The highest BCUT2D eigenvalue weighted by atomic mass is 14.7. The van der Waals surface area contributed by atoms with Gasteiger partial charge in [-0.15, -0.1) is 0 Å². The van der Waals surface area contributed by atoms with Gasteiger partial charge >= 0.3 is 0 Å². The van der Waals surface area contributed by atoms with Crippen molar-refractivity contribution in [2.45, 2.75) is 57.8 Å². The van der Waals surface area contributed by atoms with E-state index < -0.39 is 0 Å². The lowest BCUT2D eigenvalue weighted by molar-refractivity contribution is -0.107. The largest absolute Gasteiger partial charge is 0.330 e. The van der Waals surface area contributed by atoms with Crippen molar-refractivity contribution >= 4 is 0 Å². The van der Waals surface area contributed by atoms with E-state index in [0.29, 0.717) is 5.41 Å². The van der Waals surface area contributed by atoms with Gasteiger partial charge in [-0.05, 0) is 80.1 Å². The molecule has 0 amide bonds. The van der Waals surface area contributed by atoms with Crippen molar-refractivity contribution in [3.05, 3.63) is 0 Å². The molecule has 0 aromatic heterocycles. The molecule has 5 rings (SSSR count). The smallest absolute Gasteiger partial charge is 0.00409 e. The highest BCUT2D eigenvalue weighted by Gasteiger charge is 2.55. The molecule has 5 saturated carbocycles. The van der Waals surface area contributed by atoms with E-state index in [2.05, 4.69) is 0 Å². The van der Waals surface area contributed by atoms with Crippen LogP contribution in [0.3, 0.4) is 0 Å². The van der Waals surface area contributed by atoms with Crippen molar-refractivity contribution in [1.29, 1.82) is 0 Å². The van der Waals surface area contributed by atoms with Gasteiger partial charge < -0.3 is 5.73 Å². The maximum atomic E-state index is 6.20. The van der Waals surface area contributed by atoms with Crippen molar-refractivity contribution in [3.63, 3.8) is 0 Å². The Bertz CT molecular complexity index is 269. The van der Waals surface area contributed by atoms with Crippen molar-refractivity contribution in [2.75, 3.05) is 6.54 Å². The minimum Gasteiger partial charge on any atom is -0.330 e. The van der Waals surface area contributed by atoms with E-state index in [9.17, 15) is 0 Å². The van der Waals surface area contributed by atoms with Crippen LogP contribution < -0.4 is 5.73 Å². The van der Waals surface area contributed by atoms with Crippen LogP contribution in [0, 0.1) is 35.0 Å². The fraction of sp³-hybridized carbons (Fsp3) is 1.00. The lowest BCUT2D eigenvalue weighted by atomic mass is 9.44. The van der Waals surface area contributed by atoms with Gasteiger partial charge in [0.05, 0.1) is 0 Å². The third-order valence-electron chi connectivity index (χ3n) is 6.84. The number of rotatable bonds is 3. The SMILES string of the molecule is NCC(C1CCC1)C12CC3CC(CC(C3)C1)C2. The number of nitrogens with two attached hydrogens (primary N) is 1. The molecular formula is C16H27N. The van der Waals surface area contributed by atoms with Gasteiger partial charge in [0.1, 0.15) is 0 Å². The van der Waals surface area contributed by atoms with Crippen LogP contribution in [-0.2, 0) is 0 Å². The molecule has 0 aromatic carbocycles. The van der Waals surface area contributed by atoms with Crippen molar-refractivity contribution in [1.82, 2.24) is 0 Å². The fourth-order valence-electron chi connectivity index (χ4n) is 6.42. The monoisotopic (exact) mass is 233 g/mol. The predicted octanol–water partition coefficient (Wildman–Crippen LogP) is 3.58. The van der Waals surface area contributed by atoms with E-state index in [1.54, 1.807) is 38.5 Å². The Morgan fingerprint density at radius 3 is 1.82 bits per heavy atom. The van der Waals surface area contributed by atoms with Crippen LogP contribution in [0.15, 0.2) is 0 Å². The Hall–Kier alpha value is -0.0400. The number of hydrogen-bond donors (Lipinski definition) is 1. The van der Waals surface area contributed by atoms with E-state index in [1.807, 2.05) is 0 Å². The molecule has 0 aliphatic heterocycles. The normalized spacial score (nSPS) is 50.3. The zero-order chi connectivity index (χ0) is 11.5. The van der Waals surface area contributed by atoms with Crippen LogP contribution in [-0.4, -0.2) is 6.54 Å². The minimum atomic E-state index is 0.717. The highest BCUT2D eigenvalue weighted by molar-refractivity contribution is 5.05. The molecule has 1 unspecified atom stereocenters. The summed E-state index contributed by atoms with van der Waals surface area (Å²) >= 11 is 0. The first-order valence-electron chi connectivity index (χ1n) is 7.99. The molecule has 5 fully saturated rings. The molecule has 5 aliphatic carbocycles. The second-order valence-electron chi connectivity index (χ2n) is 7.81. The number of hydrogen-bond acceptors (Lipinski definition) is 1. The van der Waals surface area contributed by atoms with Gasteiger partial charge in [-0.3, -0.25) is 0 Å². The summed E-state index contributed by atoms with van der Waals surface area (Å²) in [6, 6.07) is 0. The first-order chi connectivity index (χ1) is 8.29. The summed E-state index contributed by atoms with van der Waals surface area (Å²) in [4.78, 5) is 0. The van der Waals surface area contributed by atoms with Crippen LogP contribution >= 0.6 is 0 Å². The Morgan fingerprint density at radius 2 is 1.47 bits per heavy atom. The summed E-state index contributed by atoms with van der Waals surface area (Å²) in [7, 11) is 0. The standard InChI is InChI=1S/C16H27N/c17-10-15(14-2-1-3-14)16-7-11-4-12(8-16)6-13(5-11)9-16/h11-15H,1-10,17H2. The third kappa shape index (κ3) is 1.54. The summed E-state index contributed by atoms with van der Waals surface area (Å²) in [5.74, 6) is 5.18. The molecule has 5 aliphatic rings. The maximum absolute atomic E-state index is 6.20. The lowest BCUT2D eigenvalue weighted by Crippen LogP contribution is -2.53. The van der Waals surface area contributed by atoms with E-state index in [0.717, 1.165) is 36.1 Å². The van der Waals surface area contributed by atoms with Crippen LogP contribution in [0.5, 0.6) is 0 Å². The van der Waals surface area contributed by atoms with Gasteiger partial charge in [0.25, 0.3) is 0 Å². The lowest BCUT2D eigenvalue weighted by Gasteiger charge is -2.61. The minimum absolute atomic E-state index is 0.717. The van der Waals surface area contributed by atoms with Crippen LogP contribution in [0.4, 0.5) is 0 Å². The molecule has 2 N–H and O–H groups in total. The molecule has 1 heteroatoms. The summed E-state index contributed by atoms with van der Waals surface area (Å²) < 4.78 is 0. The predicted molar refractivity (Wildman–Crippen MR) is 70.5 cm³/mol. The van der Waals surface area contributed by atoms with E-state index >= 15 is 0 Å². The summed E-state index contributed by atoms with van der Waals surface area (Å²) in [6.07, 6.45) is 13.8. The summed E-state index contributed by atoms with van der Waals surface area (Å²) in [5, 5.41) is 0. The van der Waals surface area contributed by atoms with Crippen LogP contribution in [0.25, 0.3) is 0 Å². The molecular weight excluding hydrogens is 206 g/mol. The van der Waals surface area contributed by atoms with Gasteiger partial charge in [0.15, 0.2) is 0 Å². The molecule has 1 atom stereocenters. The van der Waals surface area contributed by atoms with Gasteiger partial charge in [-0.1, -0.05) is 19.3 Å². The topological polar surface area (TPSA) is 26.0 Å². The molecule has 1 nitrogen and oxygen atoms in total. The van der Waals surface area contributed by atoms with Crippen LogP contribution in [0.1, 0.15) is 57.8 Å². The van der Waals surface area contributed by atoms with Gasteiger partial charge in [0.2, 0.25) is 0 Å². The molecule has 0 heterocycles. The van der Waals surface area contributed by atoms with Gasteiger partial charge in [0, 0.05) is 0 Å². The summed E-state index contributed by atoms with van der Waals surface area (Å²) in [5.41, 5.74) is 6.92. The van der Waals surface area contributed by atoms with E-state index in [1.165, 1.54) is 19.3 Å². The Balaban J connectivity index is 1.62. The quantitative estimate of drug-likeness (QED) is 0.792. The maximum Gasteiger partial charge on any atom is -0.00409 e. The first-order valence-corrected chi connectivity index (χ1v) is 7.99. The second kappa shape index (κ2) is 3.73. The molecule has 4 bridgehead atoms. The Labute approximate surface area is 106 Å². The van der Waals surface area contributed by atoms with Crippen molar-refractivity contribution in [2.24, 2.45) is 40.7 Å². The van der Waals surface area contributed by atoms with Gasteiger partial charge in [-0.25, -0.2) is 0 Å². The second-order valence-corrected chi connectivity index (χ2v) is 7.81. The Morgan fingerprint density at radius 1 is 0.941 bits per heavy atom. The van der Waals surface area contributed by atoms with Crippen molar-refractivity contribution in [3.8, 4) is 0 Å². The molecule has 0 radical (unpaired) electrons.